The van der Waals surface area contributed by atoms with E-state index in [2.05, 4.69) is 19.1 Å². The largest absolute Gasteiger partial charge is 0.484 e. The maximum Gasteiger partial charge on any atom is 0.163 e. The van der Waals surface area contributed by atoms with E-state index in [1.807, 2.05) is 57.7 Å². The minimum Gasteiger partial charge on any atom is -0.484 e. The molecule has 0 saturated carbocycles. The lowest BCUT2D eigenvalue weighted by molar-refractivity contribution is 0.0445. The molecule has 0 fully saturated rings. The number of carbonyl (C=O) groups excluding carboxylic acids is 1. The van der Waals surface area contributed by atoms with Gasteiger partial charge in [0.2, 0.25) is 0 Å². The first kappa shape index (κ1) is 22.7. The summed E-state index contributed by atoms with van der Waals surface area (Å²) in [5.41, 5.74) is 0.662. The molecule has 0 aliphatic carbocycles. The Balaban J connectivity index is 1.91. The zero-order valence-corrected chi connectivity index (χ0v) is 19.4. The molecule has 1 aliphatic heterocycles. The first-order chi connectivity index (χ1) is 14.1. The summed E-state index contributed by atoms with van der Waals surface area (Å²) in [6.07, 6.45) is 2.10. The lowest BCUT2D eigenvalue weighted by atomic mass is 9.87. The van der Waals surface area contributed by atoms with Gasteiger partial charge in [0.1, 0.15) is 22.8 Å². The fraction of sp³-hybridized carbons (Fsp3) is 0.480. The van der Waals surface area contributed by atoms with Crippen LogP contribution in [-0.4, -0.2) is 28.9 Å². The molecular weight excluding hydrogens is 396 g/mol. The zero-order chi connectivity index (χ0) is 21.9. The van der Waals surface area contributed by atoms with Crippen LogP contribution in [0, 0.1) is 5.41 Å². The van der Waals surface area contributed by atoms with Crippen LogP contribution in [0.5, 0.6) is 17.2 Å². The van der Waals surface area contributed by atoms with Crippen molar-refractivity contribution in [2.45, 2.75) is 64.4 Å². The summed E-state index contributed by atoms with van der Waals surface area (Å²) in [7, 11) is 0. The predicted molar refractivity (Wildman–Crippen MR) is 122 cm³/mol. The van der Waals surface area contributed by atoms with Crippen molar-refractivity contribution in [3.05, 3.63) is 47.5 Å². The van der Waals surface area contributed by atoms with Crippen molar-refractivity contribution in [1.29, 1.82) is 0 Å². The van der Waals surface area contributed by atoms with Crippen LogP contribution in [-0.2, 0) is 6.42 Å². The number of carbonyl (C=O) groups is 1. The van der Waals surface area contributed by atoms with E-state index < -0.39 is 5.60 Å². The van der Waals surface area contributed by atoms with Crippen LogP contribution in [0.3, 0.4) is 0 Å². The number of fused-ring (bicyclic) bond motifs is 1. The van der Waals surface area contributed by atoms with Gasteiger partial charge in [-0.1, -0.05) is 27.7 Å². The van der Waals surface area contributed by atoms with E-state index in [1.54, 1.807) is 6.07 Å². The van der Waals surface area contributed by atoms with Crippen LogP contribution in [0.2, 0.25) is 0 Å². The molecule has 4 nitrogen and oxygen atoms in total. The molecule has 1 unspecified atom stereocenters. The normalized spacial score (nSPS) is 18.1. The molecule has 0 saturated heterocycles. The predicted octanol–water partition coefficient (Wildman–Crippen LogP) is 6.29. The third-order valence-corrected chi connectivity index (χ3v) is 6.16. The van der Waals surface area contributed by atoms with E-state index in [0.717, 1.165) is 23.5 Å². The fourth-order valence-corrected chi connectivity index (χ4v) is 4.20. The smallest absolute Gasteiger partial charge is 0.163 e. The van der Waals surface area contributed by atoms with Gasteiger partial charge in [-0.15, -0.1) is 11.8 Å². The maximum absolute atomic E-state index is 12.9. The molecule has 0 radical (unpaired) electrons. The molecule has 0 amide bonds. The van der Waals surface area contributed by atoms with Crippen molar-refractivity contribution in [2.75, 3.05) is 12.4 Å². The minimum absolute atomic E-state index is 0.0580. The molecule has 162 valence electrons. The highest BCUT2D eigenvalue weighted by atomic mass is 32.2. The average Bonchev–Trinajstić information content (AvgIpc) is 3.03. The highest BCUT2D eigenvalue weighted by Crippen LogP contribution is 2.43. The molecule has 0 spiro atoms. The van der Waals surface area contributed by atoms with Crippen molar-refractivity contribution in [3.63, 3.8) is 0 Å². The molecule has 1 heterocycles. The lowest BCUT2D eigenvalue weighted by Gasteiger charge is -2.20. The molecule has 30 heavy (non-hydrogen) atoms. The van der Waals surface area contributed by atoms with Crippen molar-refractivity contribution < 1.29 is 19.4 Å². The highest BCUT2D eigenvalue weighted by molar-refractivity contribution is 7.99. The van der Waals surface area contributed by atoms with Crippen LogP contribution in [0.1, 0.15) is 63.4 Å². The summed E-state index contributed by atoms with van der Waals surface area (Å²) in [4.78, 5) is 14.1. The van der Waals surface area contributed by atoms with E-state index in [-0.39, 0.29) is 17.8 Å². The van der Waals surface area contributed by atoms with E-state index in [1.165, 1.54) is 4.90 Å². The van der Waals surface area contributed by atoms with Crippen LogP contribution in [0.15, 0.2) is 41.3 Å². The summed E-state index contributed by atoms with van der Waals surface area (Å²) in [5.74, 6) is 3.11. The lowest BCUT2D eigenvalue weighted by Crippen LogP contribution is -2.34. The Kier molecular flexibility index (Phi) is 6.83. The second-order valence-corrected chi connectivity index (χ2v) is 10.6. The Bertz CT molecular complexity index is 899. The van der Waals surface area contributed by atoms with Crippen LogP contribution in [0.25, 0.3) is 0 Å². The van der Waals surface area contributed by atoms with Gasteiger partial charge in [0.05, 0.1) is 6.61 Å². The monoisotopic (exact) mass is 428 g/mol. The van der Waals surface area contributed by atoms with Crippen LogP contribution >= 0.6 is 11.8 Å². The van der Waals surface area contributed by atoms with E-state index >= 15 is 0 Å². The van der Waals surface area contributed by atoms with Gasteiger partial charge in [0.15, 0.2) is 5.78 Å². The Hall–Kier alpha value is -1.98. The Labute approximate surface area is 184 Å². The van der Waals surface area contributed by atoms with Gasteiger partial charge in [-0.05, 0) is 60.9 Å². The molecule has 2 aromatic carbocycles. The maximum atomic E-state index is 12.9. The molecule has 3 rings (SSSR count). The zero-order valence-electron chi connectivity index (χ0n) is 18.6. The minimum atomic E-state index is -0.702. The summed E-state index contributed by atoms with van der Waals surface area (Å²) in [5, 5.41) is 9.78. The number of hydrogen-bond donors (Lipinski definition) is 1. The molecule has 0 bridgehead atoms. The number of ether oxygens (including phenoxy) is 2. The number of Topliss-reactive ketones (excluding diaryl/α,β-unsaturated/α-hetero) is 1. The topological polar surface area (TPSA) is 55.8 Å². The third kappa shape index (κ3) is 5.58. The Morgan fingerprint density at radius 3 is 2.53 bits per heavy atom. The average molecular weight is 429 g/mol. The van der Waals surface area contributed by atoms with E-state index in [4.69, 9.17) is 9.47 Å². The Morgan fingerprint density at radius 2 is 1.93 bits per heavy atom. The van der Waals surface area contributed by atoms with Gasteiger partial charge in [-0.25, -0.2) is 0 Å². The van der Waals surface area contributed by atoms with Gasteiger partial charge in [-0.3, -0.25) is 4.79 Å². The van der Waals surface area contributed by atoms with Crippen molar-refractivity contribution in [3.8, 4) is 17.2 Å². The fourth-order valence-electron chi connectivity index (χ4n) is 3.44. The summed E-state index contributed by atoms with van der Waals surface area (Å²) >= 11 is 1.82. The van der Waals surface area contributed by atoms with Crippen LogP contribution in [0.4, 0.5) is 0 Å². The van der Waals surface area contributed by atoms with Crippen molar-refractivity contribution >= 4 is 17.5 Å². The van der Waals surface area contributed by atoms with Gasteiger partial charge in [0.25, 0.3) is 0 Å². The SMILES string of the molecule is CCCSc1ccc(Oc2cc(C(=O)CC(C)(C)C)cc3c2CC(C)(CO)O3)cc1. The van der Waals surface area contributed by atoms with Gasteiger partial charge >= 0.3 is 0 Å². The second kappa shape index (κ2) is 9.03. The summed E-state index contributed by atoms with van der Waals surface area (Å²) < 4.78 is 12.2. The number of hydrogen-bond acceptors (Lipinski definition) is 5. The molecule has 2 aromatic rings. The second-order valence-electron chi connectivity index (χ2n) is 9.42. The van der Waals surface area contributed by atoms with Gasteiger partial charge in [-0.2, -0.15) is 0 Å². The highest BCUT2D eigenvalue weighted by Gasteiger charge is 2.37. The molecule has 0 aromatic heterocycles. The third-order valence-electron chi connectivity index (χ3n) is 4.95. The molecule has 1 N–H and O–H groups in total. The number of aliphatic hydroxyl groups excluding tert-OH is 1. The number of thioether (sulfide) groups is 1. The van der Waals surface area contributed by atoms with Crippen LogP contribution < -0.4 is 9.47 Å². The number of rotatable bonds is 8. The standard InChI is InChI=1S/C25H32O4S/c1-6-11-30-19-9-7-18(8-10-19)28-22-12-17(21(27)15-24(2,3)4)13-23-20(22)14-25(5,16-26)29-23/h7-10,12-13,26H,6,11,14-16H2,1-5H3. The summed E-state index contributed by atoms with van der Waals surface area (Å²) in [6, 6.07) is 11.6. The van der Waals surface area contributed by atoms with E-state index in [0.29, 0.717) is 29.9 Å². The number of aliphatic hydroxyl groups is 1. The van der Waals surface area contributed by atoms with Crippen molar-refractivity contribution in [2.24, 2.45) is 5.41 Å². The Morgan fingerprint density at radius 1 is 1.23 bits per heavy atom. The van der Waals surface area contributed by atoms with Crippen molar-refractivity contribution in [1.82, 2.24) is 0 Å². The number of ketones is 1. The van der Waals surface area contributed by atoms with Gasteiger partial charge < -0.3 is 14.6 Å². The molecule has 1 aliphatic rings. The molecule has 5 heteroatoms. The van der Waals surface area contributed by atoms with Gasteiger partial charge in [0, 0.05) is 28.9 Å². The number of benzene rings is 2. The molecule has 1 atom stereocenters. The first-order valence-electron chi connectivity index (χ1n) is 10.5. The van der Waals surface area contributed by atoms with E-state index in [9.17, 15) is 9.90 Å². The quantitative estimate of drug-likeness (QED) is 0.396. The first-order valence-corrected chi connectivity index (χ1v) is 11.5. The summed E-state index contributed by atoms with van der Waals surface area (Å²) in [6.45, 7) is 10.1. The molecular formula is C25H32O4S.